The summed E-state index contributed by atoms with van der Waals surface area (Å²) in [6.45, 7) is 0. The summed E-state index contributed by atoms with van der Waals surface area (Å²) >= 11 is 1.92. The second-order valence-corrected chi connectivity index (χ2v) is 14.6. The van der Waals surface area contributed by atoms with Crippen molar-refractivity contribution in [2.45, 2.75) is 0 Å². The molecule has 11 rings (SSSR count). The molecule has 0 nitrogen and oxygen atoms in total. The monoisotopic (exact) mass is 662 g/mol. The third-order valence-electron chi connectivity index (χ3n) is 10.8. The van der Waals surface area contributed by atoms with E-state index < -0.39 is 0 Å². The first kappa shape index (κ1) is 28.5. The lowest BCUT2D eigenvalue weighted by Crippen LogP contribution is -1.93. The van der Waals surface area contributed by atoms with Gasteiger partial charge in [-0.25, -0.2) is 0 Å². The lowest BCUT2D eigenvalue weighted by Gasteiger charge is -2.21. The Morgan fingerprint density at radius 2 is 0.824 bits per heavy atom. The molecule has 0 aliphatic carbocycles. The number of hydrogen-bond donors (Lipinski definition) is 0. The lowest BCUT2D eigenvalue weighted by atomic mass is 9.82. The highest BCUT2D eigenvalue weighted by Crippen LogP contribution is 2.50. The fourth-order valence-corrected chi connectivity index (χ4v) is 9.83. The average Bonchev–Trinajstić information content (AvgIpc) is 3.60. The van der Waals surface area contributed by atoms with Crippen LogP contribution in [-0.2, 0) is 0 Å². The van der Waals surface area contributed by atoms with E-state index in [0.29, 0.717) is 0 Å². The van der Waals surface area contributed by atoms with Crippen molar-refractivity contribution in [3.05, 3.63) is 182 Å². The van der Waals surface area contributed by atoms with Crippen LogP contribution in [-0.4, -0.2) is 0 Å². The largest absolute Gasteiger partial charge is 0.135 e. The number of hydrogen-bond acceptors (Lipinski definition) is 1. The van der Waals surface area contributed by atoms with Crippen molar-refractivity contribution in [3.63, 3.8) is 0 Å². The van der Waals surface area contributed by atoms with Gasteiger partial charge in [0.1, 0.15) is 0 Å². The molecule has 10 aromatic carbocycles. The molecule has 1 heteroatoms. The average molecular weight is 663 g/mol. The zero-order valence-electron chi connectivity index (χ0n) is 27.7. The summed E-state index contributed by atoms with van der Waals surface area (Å²) in [5.74, 6) is 0. The molecule has 0 saturated carbocycles. The Morgan fingerprint density at radius 3 is 1.53 bits per heavy atom. The molecule has 0 unspecified atom stereocenters. The van der Waals surface area contributed by atoms with Gasteiger partial charge >= 0.3 is 0 Å². The molecule has 0 N–H and O–H groups in total. The molecule has 1 aromatic heterocycles. The topological polar surface area (TPSA) is 0 Å². The van der Waals surface area contributed by atoms with Gasteiger partial charge in [0.05, 0.1) is 0 Å². The second kappa shape index (κ2) is 11.1. The van der Waals surface area contributed by atoms with Gasteiger partial charge in [-0.2, -0.15) is 0 Å². The molecule has 0 spiro atoms. The molecule has 51 heavy (non-hydrogen) atoms. The van der Waals surface area contributed by atoms with Crippen LogP contribution in [0.15, 0.2) is 182 Å². The highest BCUT2D eigenvalue weighted by molar-refractivity contribution is 7.26. The minimum atomic E-state index is 1.22. The van der Waals surface area contributed by atoms with Crippen LogP contribution in [0.5, 0.6) is 0 Å². The Hall–Kier alpha value is -6.28. The van der Waals surface area contributed by atoms with E-state index in [4.69, 9.17) is 0 Å². The smallest absolute Gasteiger partial charge is 0.0434 e. The highest BCUT2D eigenvalue weighted by Gasteiger charge is 2.22. The van der Waals surface area contributed by atoms with E-state index in [2.05, 4.69) is 182 Å². The van der Waals surface area contributed by atoms with Gasteiger partial charge in [0, 0.05) is 25.7 Å². The Bertz CT molecular complexity index is 3130. The SMILES string of the molecule is c1ccc(-c2cc3c(ccc4ccccc43)cc2-c2c3ccccc3c(-c3cccc4c3sc3ccc5ccccc5c34)c3ccccc23)cc1. The first-order valence-corrected chi connectivity index (χ1v) is 18.4. The maximum Gasteiger partial charge on any atom is 0.0434 e. The van der Waals surface area contributed by atoms with Crippen LogP contribution < -0.4 is 0 Å². The highest BCUT2D eigenvalue weighted by atomic mass is 32.1. The molecule has 0 fully saturated rings. The lowest BCUT2D eigenvalue weighted by molar-refractivity contribution is 1.63. The van der Waals surface area contributed by atoms with Crippen LogP contribution >= 0.6 is 11.3 Å². The molecule has 0 aliphatic rings. The summed E-state index contributed by atoms with van der Waals surface area (Å²) in [4.78, 5) is 0. The summed E-state index contributed by atoms with van der Waals surface area (Å²) in [6, 6.07) is 67.5. The van der Waals surface area contributed by atoms with E-state index >= 15 is 0 Å². The van der Waals surface area contributed by atoms with E-state index in [9.17, 15) is 0 Å². The van der Waals surface area contributed by atoms with Crippen molar-refractivity contribution in [1.82, 2.24) is 0 Å². The van der Waals surface area contributed by atoms with Crippen molar-refractivity contribution in [3.8, 4) is 33.4 Å². The van der Waals surface area contributed by atoms with E-state index in [1.165, 1.54) is 107 Å². The quantitative estimate of drug-likeness (QED) is 0.130. The first-order chi connectivity index (χ1) is 25.3. The third-order valence-corrected chi connectivity index (χ3v) is 12.0. The van der Waals surface area contributed by atoms with Crippen LogP contribution in [0.3, 0.4) is 0 Å². The molecule has 1 heterocycles. The van der Waals surface area contributed by atoms with Crippen LogP contribution in [0.25, 0.3) is 107 Å². The van der Waals surface area contributed by atoms with Crippen LogP contribution in [0.2, 0.25) is 0 Å². The fourth-order valence-electron chi connectivity index (χ4n) is 8.59. The predicted octanol–water partition coefficient (Wildman–Crippen LogP) is 14.8. The molecule has 0 atom stereocenters. The number of rotatable bonds is 3. The van der Waals surface area contributed by atoms with Crippen molar-refractivity contribution < 1.29 is 0 Å². The maximum atomic E-state index is 2.44. The van der Waals surface area contributed by atoms with Gasteiger partial charge in [-0.15, -0.1) is 11.3 Å². The molecule has 0 bridgehead atoms. The van der Waals surface area contributed by atoms with Crippen LogP contribution in [0.1, 0.15) is 0 Å². The molecule has 0 saturated heterocycles. The third kappa shape index (κ3) is 4.26. The van der Waals surface area contributed by atoms with E-state index in [1.54, 1.807) is 0 Å². The zero-order chi connectivity index (χ0) is 33.5. The first-order valence-electron chi connectivity index (χ1n) is 17.6. The minimum absolute atomic E-state index is 1.22. The summed E-state index contributed by atoms with van der Waals surface area (Å²) in [7, 11) is 0. The Labute approximate surface area is 299 Å². The molecular formula is C50H30S. The standard InChI is InChI=1S/C50H30S/c1-2-13-31(14-3-1)43-30-44-34(26-25-32-15-4-6-17-35(32)44)29-45(43)48-39-21-10-8-19-37(39)47(38-20-9-11-22-40(38)48)41-23-12-24-42-49-36-18-7-5-16-33(36)27-28-46(49)51-50(41)42/h1-30H. The second-order valence-electron chi connectivity index (χ2n) is 13.6. The summed E-state index contributed by atoms with van der Waals surface area (Å²) in [5.41, 5.74) is 7.62. The van der Waals surface area contributed by atoms with Crippen molar-refractivity contribution in [2.75, 3.05) is 0 Å². The van der Waals surface area contributed by atoms with Gasteiger partial charge < -0.3 is 0 Å². The van der Waals surface area contributed by atoms with Crippen molar-refractivity contribution in [1.29, 1.82) is 0 Å². The number of fused-ring (bicyclic) bond motifs is 10. The Kier molecular flexibility index (Phi) is 6.22. The number of thiophene rings is 1. The molecule has 11 aromatic rings. The molecular weight excluding hydrogens is 633 g/mol. The summed E-state index contributed by atoms with van der Waals surface area (Å²) in [6.07, 6.45) is 0. The predicted molar refractivity (Wildman–Crippen MR) is 223 cm³/mol. The number of benzene rings is 10. The fraction of sp³-hybridized carbons (Fsp3) is 0. The minimum Gasteiger partial charge on any atom is -0.135 e. The van der Waals surface area contributed by atoms with Gasteiger partial charge in [-0.05, 0) is 99.9 Å². The summed E-state index contributed by atoms with van der Waals surface area (Å²) < 4.78 is 2.67. The molecule has 0 amide bonds. The molecule has 0 aliphatic heterocycles. The van der Waals surface area contributed by atoms with Crippen molar-refractivity contribution in [2.24, 2.45) is 0 Å². The van der Waals surface area contributed by atoms with Gasteiger partial charge in [-0.3, -0.25) is 0 Å². The van der Waals surface area contributed by atoms with Crippen molar-refractivity contribution >= 4 is 85.4 Å². The molecule has 236 valence electrons. The maximum absolute atomic E-state index is 2.44. The van der Waals surface area contributed by atoms with Crippen LogP contribution in [0.4, 0.5) is 0 Å². The normalized spacial score (nSPS) is 11.9. The van der Waals surface area contributed by atoms with Gasteiger partial charge in [0.2, 0.25) is 0 Å². The van der Waals surface area contributed by atoms with E-state index in [-0.39, 0.29) is 0 Å². The van der Waals surface area contributed by atoms with Gasteiger partial charge in [0.25, 0.3) is 0 Å². The van der Waals surface area contributed by atoms with Gasteiger partial charge in [-0.1, -0.05) is 164 Å². The van der Waals surface area contributed by atoms with Gasteiger partial charge in [0.15, 0.2) is 0 Å². The van der Waals surface area contributed by atoms with E-state index in [1.807, 2.05) is 11.3 Å². The Morgan fingerprint density at radius 1 is 0.294 bits per heavy atom. The molecule has 0 radical (unpaired) electrons. The summed E-state index contributed by atoms with van der Waals surface area (Å²) in [5, 5.41) is 15.5. The zero-order valence-corrected chi connectivity index (χ0v) is 28.5. The van der Waals surface area contributed by atoms with E-state index in [0.717, 1.165) is 0 Å². The Balaban J connectivity index is 1.27. The van der Waals surface area contributed by atoms with Crippen LogP contribution in [0, 0.1) is 0 Å².